The SMILES string of the molecule is CN(CCc1ccc(C2=NCCN2)cc1)C(=O)CCCNCS(=O)(=O)c1ccc(Br)cc1. The molecule has 1 heterocycles. The molecule has 1 aliphatic heterocycles. The molecule has 2 aromatic rings. The fourth-order valence-electron chi connectivity index (χ4n) is 3.33. The van der Waals surface area contributed by atoms with E-state index < -0.39 is 9.84 Å². The first-order valence-electron chi connectivity index (χ1n) is 10.7. The molecule has 0 atom stereocenters. The Balaban J connectivity index is 1.33. The molecule has 1 amide bonds. The van der Waals surface area contributed by atoms with Crippen LogP contribution >= 0.6 is 15.9 Å². The zero-order valence-corrected chi connectivity index (χ0v) is 20.6. The maximum atomic E-state index is 12.4. The quantitative estimate of drug-likeness (QED) is 0.444. The van der Waals surface area contributed by atoms with Crippen molar-refractivity contribution < 1.29 is 13.2 Å². The van der Waals surface area contributed by atoms with E-state index in [1.54, 1.807) is 36.2 Å². The lowest BCUT2D eigenvalue weighted by Crippen LogP contribution is -2.30. The Bertz CT molecular complexity index is 1040. The molecule has 2 N–H and O–H groups in total. The topological polar surface area (TPSA) is 90.9 Å². The number of nitrogens with one attached hydrogen (secondary N) is 2. The van der Waals surface area contributed by atoms with Crippen LogP contribution < -0.4 is 10.6 Å². The Morgan fingerprint density at radius 2 is 1.88 bits per heavy atom. The summed E-state index contributed by atoms with van der Waals surface area (Å²) in [4.78, 5) is 18.8. The predicted octanol–water partition coefficient (Wildman–Crippen LogP) is 2.60. The summed E-state index contributed by atoms with van der Waals surface area (Å²) in [5, 5.41) is 6.20. The van der Waals surface area contributed by atoms with Crippen molar-refractivity contribution in [3.05, 3.63) is 64.1 Å². The number of amidine groups is 1. The number of hydrogen-bond donors (Lipinski definition) is 2. The minimum Gasteiger partial charge on any atom is -0.368 e. The second-order valence-corrected chi connectivity index (χ2v) is 10.6. The molecule has 3 rings (SSSR count). The number of carbonyl (C=O) groups is 1. The van der Waals surface area contributed by atoms with Crippen LogP contribution in [0.5, 0.6) is 0 Å². The first kappa shape index (κ1) is 24.4. The van der Waals surface area contributed by atoms with Crippen LogP contribution in [0, 0.1) is 0 Å². The van der Waals surface area contributed by atoms with Crippen LogP contribution in [0.2, 0.25) is 0 Å². The highest BCUT2D eigenvalue weighted by atomic mass is 79.9. The highest BCUT2D eigenvalue weighted by molar-refractivity contribution is 9.10. The van der Waals surface area contributed by atoms with Crippen molar-refractivity contribution in [1.29, 1.82) is 0 Å². The molecule has 7 nitrogen and oxygen atoms in total. The van der Waals surface area contributed by atoms with E-state index in [2.05, 4.69) is 55.8 Å². The van der Waals surface area contributed by atoms with Gasteiger partial charge in [0.05, 0.1) is 11.4 Å². The van der Waals surface area contributed by atoms with Gasteiger partial charge in [-0.05, 0) is 49.2 Å². The number of carbonyl (C=O) groups excluding carboxylic acids is 1. The molecule has 0 bridgehead atoms. The summed E-state index contributed by atoms with van der Waals surface area (Å²) in [5.41, 5.74) is 2.26. The van der Waals surface area contributed by atoms with Crippen LogP contribution in [0.1, 0.15) is 24.0 Å². The van der Waals surface area contributed by atoms with Gasteiger partial charge in [-0.3, -0.25) is 9.79 Å². The van der Waals surface area contributed by atoms with Gasteiger partial charge in [-0.2, -0.15) is 0 Å². The molecular weight excluding hydrogens is 492 g/mol. The second kappa shape index (κ2) is 11.6. The van der Waals surface area contributed by atoms with Crippen LogP contribution in [-0.2, 0) is 21.1 Å². The molecule has 0 saturated heterocycles. The van der Waals surface area contributed by atoms with Gasteiger partial charge in [0.25, 0.3) is 0 Å². The number of rotatable bonds is 11. The standard InChI is InChI=1S/C23H29BrN4O3S/c1-28(16-12-18-4-6-19(7-5-18)23-26-14-15-27-23)22(29)3-2-13-25-17-32(30,31)21-10-8-20(24)9-11-21/h4-11,25H,2-3,12-17H2,1H3,(H,26,27). The lowest BCUT2D eigenvalue weighted by Gasteiger charge is -2.17. The van der Waals surface area contributed by atoms with Crippen LogP contribution in [0.3, 0.4) is 0 Å². The van der Waals surface area contributed by atoms with Gasteiger partial charge in [0.2, 0.25) is 5.91 Å². The number of benzene rings is 2. The molecule has 172 valence electrons. The van der Waals surface area contributed by atoms with E-state index in [-0.39, 0.29) is 16.7 Å². The second-order valence-electron chi connectivity index (χ2n) is 7.74. The van der Waals surface area contributed by atoms with Crippen molar-refractivity contribution in [2.45, 2.75) is 24.2 Å². The van der Waals surface area contributed by atoms with Gasteiger partial charge < -0.3 is 15.5 Å². The molecule has 0 aromatic heterocycles. The van der Waals surface area contributed by atoms with Crippen molar-refractivity contribution in [3.8, 4) is 0 Å². The zero-order chi connectivity index (χ0) is 23.0. The van der Waals surface area contributed by atoms with Crippen molar-refractivity contribution >= 4 is 37.5 Å². The van der Waals surface area contributed by atoms with E-state index in [1.807, 2.05) is 0 Å². The van der Waals surface area contributed by atoms with Crippen LogP contribution in [0.4, 0.5) is 0 Å². The molecule has 0 spiro atoms. The number of halogens is 1. The first-order valence-corrected chi connectivity index (χ1v) is 13.1. The van der Waals surface area contributed by atoms with Gasteiger partial charge in [-0.15, -0.1) is 0 Å². The normalized spacial score (nSPS) is 13.5. The average molecular weight is 521 g/mol. The van der Waals surface area contributed by atoms with E-state index in [0.717, 1.165) is 35.4 Å². The smallest absolute Gasteiger partial charge is 0.222 e. The van der Waals surface area contributed by atoms with E-state index in [0.29, 0.717) is 25.9 Å². The molecule has 0 unspecified atom stereocenters. The third kappa shape index (κ3) is 7.15. The Kier molecular flexibility index (Phi) is 8.84. The number of hydrogen-bond acceptors (Lipinski definition) is 6. The van der Waals surface area contributed by atoms with E-state index in [4.69, 9.17) is 0 Å². The van der Waals surface area contributed by atoms with Gasteiger partial charge in [0.15, 0.2) is 9.84 Å². The number of nitrogens with zero attached hydrogens (tertiary/aromatic N) is 2. The summed E-state index contributed by atoms with van der Waals surface area (Å²) in [6, 6.07) is 14.8. The predicted molar refractivity (Wildman–Crippen MR) is 131 cm³/mol. The van der Waals surface area contributed by atoms with E-state index >= 15 is 0 Å². The van der Waals surface area contributed by atoms with Gasteiger partial charge >= 0.3 is 0 Å². The number of likely N-dealkylation sites (N-methyl/N-ethyl adjacent to an activating group) is 1. The van der Waals surface area contributed by atoms with Crippen LogP contribution in [-0.4, -0.2) is 64.2 Å². The highest BCUT2D eigenvalue weighted by Gasteiger charge is 2.14. The number of sulfone groups is 1. The summed E-state index contributed by atoms with van der Waals surface area (Å²) in [6.45, 7) is 2.82. The molecule has 32 heavy (non-hydrogen) atoms. The lowest BCUT2D eigenvalue weighted by molar-refractivity contribution is -0.129. The first-order chi connectivity index (χ1) is 15.3. The van der Waals surface area contributed by atoms with Crippen molar-refractivity contribution in [2.75, 3.05) is 39.1 Å². The third-order valence-corrected chi connectivity index (χ3v) is 7.38. The summed E-state index contributed by atoms with van der Waals surface area (Å²) in [6.07, 6.45) is 1.75. The van der Waals surface area contributed by atoms with E-state index in [1.165, 1.54) is 5.56 Å². The fourth-order valence-corrected chi connectivity index (χ4v) is 4.72. The molecule has 0 aliphatic carbocycles. The van der Waals surface area contributed by atoms with Crippen LogP contribution in [0.25, 0.3) is 0 Å². The maximum Gasteiger partial charge on any atom is 0.222 e. The molecular formula is C23H29BrN4O3S. The Hall–Kier alpha value is -2.23. The molecule has 2 aromatic carbocycles. The molecule has 0 fully saturated rings. The molecule has 0 radical (unpaired) electrons. The monoisotopic (exact) mass is 520 g/mol. The van der Waals surface area contributed by atoms with Crippen molar-refractivity contribution in [2.24, 2.45) is 4.99 Å². The highest BCUT2D eigenvalue weighted by Crippen LogP contribution is 2.15. The van der Waals surface area contributed by atoms with E-state index in [9.17, 15) is 13.2 Å². The maximum absolute atomic E-state index is 12.4. The van der Waals surface area contributed by atoms with Gasteiger partial charge in [0, 0.05) is 36.6 Å². The largest absolute Gasteiger partial charge is 0.368 e. The minimum absolute atomic E-state index is 0.0590. The molecule has 0 saturated carbocycles. The summed E-state index contributed by atoms with van der Waals surface area (Å²) < 4.78 is 25.4. The van der Waals surface area contributed by atoms with Gasteiger partial charge in [-0.1, -0.05) is 40.2 Å². The number of aliphatic imine (C=N–C) groups is 1. The fraction of sp³-hybridized carbons (Fsp3) is 0.391. The average Bonchev–Trinajstić information content (AvgIpc) is 3.32. The Morgan fingerprint density at radius 1 is 1.16 bits per heavy atom. The van der Waals surface area contributed by atoms with Gasteiger partial charge in [0.1, 0.15) is 11.7 Å². The molecule has 1 aliphatic rings. The summed E-state index contributed by atoms with van der Waals surface area (Å²) in [5.74, 6) is 0.863. The van der Waals surface area contributed by atoms with Crippen molar-refractivity contribution in [1.82, 2.24) is 15.5 Å². The summed E-state index contributed by atoms with van der Waals surface area (Å²) >= 11 is 3.30. The third-order valence-electron chi connectivity index (χ3n) is 5.27. The lowest BCUT2D eigenvalue weighted by atomic mass is 10.1. The van der Waals surface area contributed by atoms with Gasteiger partial charge in [-0.25, -0.2) is 8.42 Å². The zero-order valence-electron chi connectivity index (χ0n) is 18.2. The van der Waals surface area contributed by atoms with Crippen LogP contribution in [0.15, 0.2) is 62.9 Å². The molecule has 9 heteroatoms. The minimum atomic E-state index is -3.38. The Labute approximate surface area is 198 Å². The van der Waals surface area contributed by atoms with Crippen molar-refractivity contribution in [3.63, 3.8) is 0 Å². The number of amides is 1. The summed E-state index contributed by atoms with van der Waals surface area (Å²) in [7, 11) is -1.58. The Morgan fingerprint density at radius 3 is 2.53 bits per heavy atom.